The average Bonchev–Trinajstić information content (AvgIpc) is 2.95. The molecule has 0 radical (unpaired) electrons. The number of Topliss-reactive ketones (excluding diaryl/α,β-unsaturated/α-hetero) is 1. The Labute approximate surface area is 127 Å². The van der Waals surface area contributed by atoms with Crippen molar-refractivity contribution in [3.63, 3.8) is 0 Å². The monoisotopic (exact) mass is 303 g/mol. The van der Waals surface area contributed by atoms with Gasteiger partial charge in [-0.2, -0.15) is 0 Å². The first-order valence-electron chi connectivity index (χ1n) is 6.65. The molecule has 0 aliphatic carbocycles. The van der Waals surface area contributed by atoms with E-state index in [2.05, 4.69) is 5.32 Å². The van der Waals surface area contributed by atoms with Crippen LogP contribution in [0.2, 0.25) is 5.02 Å². The molecule has 0 spiro atoms. The Morgan fingerprint density at radius 2 is 1.86 bits per heavy atom. The first-order valence-corrected chi connectivity index (χ1v) is 7.02. The Bertz CT molecular complexity index is 655. The van der Waals surface area contributed by atoms with E-state index in [1.54, 1.807) is 24.3 Å². The van der Waals surface area contributed by atoms with Crippen LogP contribution in [0.1, 0.15) is 16.8 Å². The smallest absolute Gasteiger partial charge is 0.231 e. The van der Waals surface area contributed by atoms with Crippen LogP contribution in [0.3, 0.4) is 0 Å². The van der Waals surface area contributed by atoms with E-state index in [0.29, 0.717) is 23.6 Å². The summed E-state index contributed by atoms with van der Waals surface area (Å²) in [4.78, 5) is 12.0. The maximum atomic E-state index is 12.0. The summed E-state index contributed by atoms with van der Waals surface area (Å²) in [6.45, 7) is 0.814. The largest absolute Gasteiger partial charge is 0.454 e. The van der Waals surface area contributed by atoms with Crippen LogP contribution >= 0.6 is 11.6 Å². The number of nitrogens with one attached hydrogen (secondary N) is 1. The van der Waals surface area contributed by atoms with E-state index in [-0.39, 0.29) is 12.6 Å². The van der Waals surface area contributed by atoms with Gasteiger partial charge < -0.3 is 14.8 Å². The van der Waals surface area contributed by atoms with Crippen LogP contribution in [0.25, 0.3) is 0 Å². The van der Waals surface area contributed by atoms with Gasteiger partial charge in [-0.1, -0.05) is 11.6 Å². The summed E-state index contributed by atoms with van der Waals surface area (Å²) >= 11 is 5.80. The van der Waals surface area contributed by atoms with Crippen LogP contribution in [0.4, 0.5) is 5.69 Å². The van der Waals surface area contributed by atoms with Crippen molar-refractivity contribution in [2.75, 3.05) is 18.7 Å². The molecular formula is C16H14ClNO3. The topological polar surface area (TPSA) is 47.6 Å². The van der Waals surface area contributed by atoms with Crippen molar-refractivity contribution in [1.82, 2.24) is 0 Å². The van der Waals surface area contributed by atoms with Crippen molar-refractivity contribution >= 4 is 23.1 Å². The lowest BCUT2D eigenvalue weighted by Crippen LogP contribution is -2.08. The number of fused-ring (bicyclic) bond motifs is 1. The number of benzene rings is 2. The van der Waals surface area contributed by atoms with Crippen molar-refractivity contribution in [1.29, 1.82) is 0 Å². The van der Waals surface area contributed by atoms with Crippen molar-refractivity contribution in [3.8, 4) is 11.5 Å². The molecule has 0 unspecified atom stereocenters. The van der Waals surface area contributed by atoms with Gasteiger partial charge >= 0.3 is 0 Å². The summed E-state index contributed by atoms with van der Waals surface area (Å²) in [5, 5.41) is 3.83. The molecule has 0 atom stereocenters. The van der Waals surface area contributed by atoms with Gasteiger partial charge in [0.25, 0.3) is 0 Å². The quantitative estimate of drug-likeness (QED) is 0.855. The fraction of sp³-hybridized carbons (Fsp3) is 0.188. The second-order valence-electron chi connectivity index (χ2n) is 4.67. The van der Waals surface area contributed by atoms with E-state index in [1.165, 1.54) is 0 Å². The first-order chi connectivity index (χ1) is 10.2. The van der Waals surface area contributed by atoms with Crippen molar-refractivity contribution in [2.24, 2.45) is 0 Å². The number of halogens is 1. The molecule has 5 heteroatoms. The summed E-state index contributed by atoms with van der Waals surface area (Å²) < 4.78 is 10.6. The maximum absolute atomic E-state index is 12.0. The third kappa shape index (κ3) is 3.28. The maximum Gasteiger partial charge on any atom is 0.231 e. The highest BCUT2D eigenvalue weighted by atomic mass is 35.5. The molecular weight excluding hydrogens is 290 g/mol. The zero-order valence-corrected chi connectivity index (χ0v) is 12.0. The summed E-state index contributed by atoms with van der Waals surface area (Å²) in [7, 11) is 0. The van der Waals surface area contributed by atoms with Crippen LogP contribution < -0.4 is 14.8 Å². The van der Waals surface area contributed by atoms with Gasteiger partial charge in [0.05, 0.1) is 0 Å². The highest BCUT2D eigenvalue weighted by Gasteiger charge is 2.13. The molecule has 0 aromatic heterocycles. The summed E-state index contributed by atoms with van der Waals surface area (Å²) in [6, 6.07) is 12.6. The normalized spacial score (nSPS) is 12.2. The highest BCUT2D eigenvalue weighted by Crippen LogP contribution is 2.34. The molecule has 4 nitrogen and oxygen atoms in total. The van der Waals surface area contributed by atoms with Crippen molar-refractivity contribution in [3.05, 3.63) is 53.1 Å². The molecule has 3 rings (SSSR count). The molecule has 108 valence electrons. The number of hydrogen-bond donors (Lipinski definition) is 1. The third-order valence-electron chi connectivity index (χ3n) is 3.22. The highest BCUT2D eigenvalue weighted by molar-refractivity contribution is 6.30. The van der Waals surface area contributed by atoms with Crippen molar-refractivity contribution < 1.29 is 14.3 Å². The van der Waals surface area contributed by atoms with Crippen molar-refractivity contribution in [2.45, 2.75) is 6.42 Å². The number of ether oxygens (including phenoxy) is 2. The number of ketones is 1. The van der Waals surface area contributed by atoms with Gasteiger partial charge in [-0.3, -0.25) is 4.79 Å². The lowest BCUT2D eigenvalue weighted by molar-refractivity contribution is 0.0986. The predicted octanol–water partition coefficient (Wildman–Crippen LogP) is 3.75. The van der Waals surface area contributed by atoms with E-state index in [0.717, 1.165) is 17.2 Å². The third-order valence-corrected chi connectivity index (χ3v) is 3.47. The van der Waals surface area contributed by atoms with Crippen LogP contribution in [0, 0.1) is 0 Å². The summed E-state index contributed by atoms with van der Waals surface area (Å²) in [5.74, 6) is 1.56. The molecule has 2 aromatic rings. The van der Waals surface area contributed by atoms with Crippen LogP contribution in [0.5, 0.6) is 11.5 Å². The van der Waals surface area contributed by atoms with E-state index >= 15 is 0 Å². The molecule has 1 aliphatic heterocycles. The summed E-state index contributed by atoms with van der Waals surface area (Å²) in [5.41, 5.74) is 1.58. The SMILES string of the molecule is O=C(CCNc1ccc2c(c1)OCO2)c1ccc(Cl)cc1. The molecule has 1 aliphatic rings. The first kappa shape index (κ1) is 13.8. The number of anilines is 1. The Balaban J connectivity index is 1.54. The van der Waals surface area contributed by atoms with Gasteiger partial charge in [-0.05, 0) is 36.4 Å². The standard InChI is InChI=1S/C16H14ClNO3/c17-12-3-1-11(2-4-12)14(19)7-8-18-13-5-6-15-16(9-13)21-10-20-15/h1-6,9,18H,7-8,10H2. The molecule has 0 fully saturated rings. The van der Waals surface area contributed by atoms with Crippen LogP contribution in [-0.2, 0) is 0 Å². The van der Waals surface area contributed by atoms with Gasteiger partial charge in [0.1, 0.15) is 0 Å². The Hall–Kier alpha value is -2.20. The minimum Gasteiger partial charge on any atom is -0.454 e. The van der Waals surface area contributed by atoms with Gasteiger partial charge in [0.15, 0.2) is 17.3 Å². The Morgan fingerprint density at radius 1 is 1.10 bits per heavy atom. The zero-order valence-electron chi connectivity index (χ0n) is 11.3. The van der Waals surface area contributed by atoms with E-state index < -0.39 is 0 Å². The van der Waals surface area contributed by atoms with Gasteiger partial charge in [0.2, 0.25) is 6.79 Å². The number of rotatable bonds is 5. The minimum atomic E-state index is 0.0833. The van der Waals surface area contributed by atoms with Gasteiger partial charge in [-0.25, -0.2) is 0 Å². The van der Waals surface area contributed by atoms with Gasteiger partial charge in [0, 0.05) is 35.3 Å². The fourth-order valence-corrected chi connectivity index (χ4v) is 2.23. The average molecular weight is 304 g/mol. The molecule has 21 heavy (non-hydrogen) atoms. The molecule has 0 saturated carbocycles. The molecule has 0 saturated heterocycles. The molecule has 2 aromatic carbocycles. The molecule has 1 heterocycles. The minimum absolute atomic E-state index is 0.0833. The van der Waals surface area contributed by atoms with E-state index in [9.17, 15) is 4.79 Å². The zero-order chi connectivity index (χ0) is 14.7. The van der Waals surface area contributed by atoms with Crippen LogP contribution in [0.15, 0.2) is 42.5 Å². The van der Waals surface area contributed by atoms with Crippen LogP contribution in [-0.4, -0.2) is 19.1 Å². The lowest BCUT2D eigenvalue weighted by atomic mass is 10.1. The number of carbonyl (C=O) groups excluding carboxylic acids is 1. The second-order valence-corrected chi connectivity index (χ2v) is 5.11. The molecule has 0 bridgehead atoms. The van der Waals surface area contributed by atoms with E-state index in [1.807, 2.05) is 18.2 Å². The van der Waals surface area contributed by atoms with Gasteiger partial charge in [-0.15, -0.1) is 0 Å². The Kier molecular flexibility index (Phi) is 3.97. The molecule has 0 amide bonds. The number of carbonyl (C=O) groups is 1. The molecule has 1 N–H and O–H groups in total. The second kappa shape index (κ2) is 6.06. The number of hydrogen-bond acceptors (Lipinski definition) is 4. The predicted molar refractivity (Wildman–Crippen MR) is 81.5 cm³/mol. The lowest BCUT2D eigenvalue weighted by Gasteiger charge is -2.07. The van der Waals surface area contributed by atoms with E-state index in [4.69, 9.17) is 21.1 Å². The fourth-order valence-electron chi connectivity index (χ4n) is 2.11. The summed E-state index contributed by atoms with van der Waals surface area (Å²) in [6.07, 6.45) is 0.413. The Morgan fingerprint density at radius 3 is 2.67 bits per heavy atom.